The first-order valence-corrected chi connectivity index (χ1v) is 11.7. The number of hydrogen-bond donors (Lipinski definition) is 1. The van der Waals surface area contributed by atoms with Gasteiger partial charge in [0.1, 0.15) is 0 Å². The van der Waals surface area contributed by atoms with E-state index in [0.717, 1.165) is 42.2 Å². The Bertz CT molecular complexity index is 814. The maximum Gasteiger partial charge on any atom is 0.252 e. The minimum Gasteiger partial charge on any atom is -0.377 e. The van der Waals surface area contributed by atoms with Crippen molar-refractivity contribution in [2.75, 3.05) is 25.4 Å². The molecule has 4 rings (SSSR count). The van der Waals surface area contributed by atoms with Gasteiger partial charge in [0, 0.05) is 30.3 Å². The molecule has 1 amide bonds. The molecule has 0 saturated carbocycles. The maximum atomic E-state index is 12.9. The summed E-state index contributed by atoms with van der Waals surface area (Å²) in [5, 5.41) is 3.15. The third kappa shape index (κ3) is 5.62. The second kappa shape index (κ2) is 10.3. The van der Waals surface area contributed by atoms with Crippen LogP contribution in [0.15, 0.2) is 53.4 Å². The zero-order valence-electron chi connectivity index (χ0n) is 16.9. The fourth-order valence-corrected chi connectivity index (χ4v) is 5.19. The molecule has 154 valence electrons. The number of amides is 1. The number of benzene rings is 2. The average Bonchev–Trinajstić information content (AvgIpc) is 3.46. The molecule has 5 heteroatoms. The average molecular weight is 411 g/mol. The molecule has 0 aliphatic carbocycles. The van der Waals surface area contributed by atoms with Gasteiger partial charge in [0.15, 0.2) is 0 Å². The van der Waals surface area contributed by atoms with Crippen LogP contribution in [-0.4, -0.2) is 42.4 Å². The highest BCUT2D eigenvalue weighted by atomic mass is 32.2. The lowest BCUT2D eigenvalue weighted by atomic mass is 10.1. The SMILES string of the molecule is O=C(NCc1ccccc1CN1CCCC1)c1ccccc1SC[C@H]1CCCO1. The summed E-state index contributed by atoms with van der Waals surface area (Å²) in [6, 6.07) is 16.4. The number of nitrogens with one attached hydrogen (secondary N) is 1. The van der Waals surface area contributed by atoms with Crippen LogP contribution in [0.4, 0.5) is 0 Å². The van der Waals surface area contributed by atoms with E-state index in [1.165, 1.54) is 37.1 Å². The molecule has 2 heterocycles. The number of nitrogens with zero attached hydrogens (tertiary/aromatic N) is 1. The van der Waals surface area contributed by atoms with Crippen molar-refractivity contribution in [3.8, 4) is 0 Å². The fraction of sp³-hybridized carbons (Fsp3) is 0.458. The summed E-state index contributed by atoms with van der Waals surface area (Å²) >= 11 is 1.73. The number of likely N-dealkylation sites (tertiary alicyclic amines) is 1. The molecule has 0 radical (unpaired) electrons. The van der Waals surface area contributed by atoms with Crippen LogP contribution in [0.1, 0.15) is 47.2 Å². The molecule has 2 saturated heterocycles. The highest BCUT2D eigenvalue weighted by Crippen LogP contribution is 2.27. The third-order valence-corrected chi connectivity index (χ3v) is 6.94. The normalized spacial score (nSPS) is 19.5. The van der Waals surface area contributed by atoms with Crippen molar-refractivity contribution in [1.29, 1.82) is 0 Å². The lowest BCUT2D eigenvalue weighted by molar-refractivity contribution is 0.0947. The van der Waals surface area contributed by atoms with Gasteiger partial charge in [-0.25, -0.2) is 0 Å². The molecule has 0 bridgehead atoms. The van der Waals surface area contributed by atoms with E-state index in [1.54, 1.807) is 11.8 Å². The lowest BCUT2D eigenvalue weighted by Crippen LogP contribution is -2.25. The summed E-state index contributed by atoms with van der Waals surface area (Å²) in [6.07, 6.45) is 5.16. The van der Waals surface area contributed by atoms with E-state index in [0.29, 0.717) is 12.6 Å². The number of carbonyl (C=O) groups is 1. The van der Waals surface area contributed by atoms with Crippen LogP contribution in [0.25, 0.3) is 0 Å². The van der Waals surface area contributed by atoms with Crippen molar-refractivity contribution < 1.29 is 9.53 Å². The van der Waals surface area contributed by atoms with Gasteiger partial charge in [0.25, 0.3) is 5.91 Å². The van der Waals surface area contributed by atoms with Crippen molar-refractivity contribution in [3.05, 3.63) is 65.2 Å². The summed E-state index contributed by atoms with van der Waals surface area (Å²) in [4.78, 5) is 16.5. The lowest BCUT2D eigenvalue weighted by Gasteiger charge is -2.18. The maximum absolute atomic E-state index is 12.9. The minimum absolute atomic E-state index is 0.00332. The minimum atomic E-state index is -0.00332. The van der Waals surface area contributed by atoms with Crippen LogP contribution in [0.3, 0.4) is 0 Å². The first kappa shape index (κ1) is 20.5. The van der Waals surface area contributed by atoms with E-state index in [2.05, 4.69) is 34.5 Å². The highest BCUT2D eigenvalue weighted by Gasteiger charge is 2.18. The molecule has 1 atom stereocenters. The van der Waals surface area contributed by atoms with Crippen molar-refractivity contribution in [1.82, 2.24) is 10.2 Å². The van der Waals surface area contributed by atoms with Crippen molar-refractivity contribution in [2.24, 2.45) is 0 Å². The van der Waals surface area contributed by atoms with Crippen molar-refractivity contribution in [2.45, 2.75) is 49.8 Å². The second-order valence-corrected chi connectivity index (χ2v) is 8.94. The summed E-state index contributed by atoms with van der Waals surface area (Å²) in [6.45, 7) is 4.75. The van der Waals surface area contributed by atoms with E-state index in [4.69, 9.17) is 4.74 Å². The molecule has 0 aromatic heterocycles. The standard InChI is InChI=1S/C24H30N2O2S/c27-24(22-11-3-4-12-23(22)29-18-21-10-7-15-28-21)25-16-19-8-1-2-9-20(19)17-26-13-5-6-14-26/h1-4,8-9,11-12,21H,5-7,10,13-18H2,(H,25,27)/t21-/m1/s1. The van der Waals surface area contributed by atoms with Crippen molar-refractivity contribution >= 4 is 17.7 Å². The van der Waals surface area contributed by atoms with E-state index < -0.39 is 0 Å². The quantitative estimate of drug-likeness (QED) is 0.652. The van der Waals surface area contributed by atoms with Crippen LogP contribution >= 0.6 is 11.8 Å². The Hall–Kier alpha value is -1.82. The summed E-state index contributed by atoms with van der Waals surface area (Å²) in [7, 11) is 0. The topological polar surface area (TPSA) is 41.6 Å². The molecule has 2 aromatic carbocycles. The molecule has 2 aromatic rings. The molecule has 29 heavy (non-hydrogen) atoms. The molecule has 4 nitrogen and oxygen atoms in total. The predicted octanol–water partition coefficient (Wildman–Crippen LogP) is 4.48. The van der Waals surface area contributed by atoms with Crippen LogP contribution < -0.4 is 5.32 Å². The number of rotatable bonds is 8. The van der Waals surface area contributed by atoms with Gasteiger partial charge in [-0.1, -0.05) is 36.4 Å². The monoisotopic (exact) mass is 410 g/mol. The van der Waals surface area contributed by atoms with Crippen LogP contribution in [0, 0.1) is 0 Å². The summed E-state index contributed by atoms with van der Waals surface area (Å²) in [5.41, 5.74) is 3.28. The smallest absolute Gasteiger partial charge is 0.252 e. The molecule has 2 aliphatic rings. The number of thioether (sulfide) groups is 1. The van der Waals surface area contributed by atoms with Gasteiger partial charge >= 0.3 is 0 Å². The van der Waals surface area contributed by atoms with Gasteiger partial charge < -0.3 is 10.1 Å². The Kier molecular flexibility index (Phi) is 7.25. The largest absolute Gasteiger partial charge is 0.377 e. The van der Waals surface area contributed by atoms with E-state index in [9.17, 15) is 4.79 Å². The van der Waals surface area contributed by atoms with Crippen LogP contribution in [-0.2, 0) is 17.8 Å². The Morgan fingerprint density at radius 2 is 1.79 bits per heavy atom. The molecule has 2 fully saturated rings. The molecule has 2 aliphatic heterocycles. The van der Waals surface area contributed by atoms with Crippen LogP contribution in [0.2, 0.25) is 0 Å². The van der Waals surface area contributed by atoms with E-state index in [1.807, 2.05) is 24.3 Å². The Morgan fingerprint density at radius 3 is 2.59 bits per heavy atom. The fourth-order valence-electron chi connectivity index (χ4n) is 4.08. The summed E-state index contributed by atoms with van der Waals surface area (Å²) < 4.78 is 5.72. The second-order valence-electron chi connectivity index (χ2n) is 7.88. The Balaban J connectivity index is 1.37. The zero-order valence-corrected chi connectivity index (χ0v) is 17.8. The van der Waals surface area contributed by atoms with Gasteiger partial charge in [-0.2, -0.15) is 0 Å². The first-order valence-electron chi connectivity index (χ1n) is 10.7. The number of carbonyl (C=O) groups excluding carboxylic acids is 1. The van der Waals surface area contributed by atoms with Crippen molar-refractivity contribution in [3.63, 3.8) is 0 Å². The zero-order chi connectivity index (χ0) is 19.9. The van der Waals surface area contributed by atoms with E-state index >= 15 is 0 Å². The Labute approximate surface area is 178 Å². The third-order valence-electron chi connectivity index (χ3n) is 5.73. The molecular weight excluding hydrogens is 380 g/mol. The van der Waals surface area contributed by atoms with Crippen LogP contribution in [0.5, 0.6) is 0 Å². The first-order chi connectivity index (χ1) is 14.3. The number of hydrogen-bond acceptors (Lipinski definition) is 4. The van der Waals surface area contributed by atoms with Gasteiger partial charge in [-0.05, 0) is 62.0 Å². The molecular formula is C24H30N2O2S. The van der Waals surface area contributed by atoms with E-state index in [-0.39, 0.29) is 5.91 Å². The van der Waals surface area contributed by atoms with Gasteiger partial charge in [0.2, 0.25) is 0 Å². The number of ether oxygens (including phenoxy) is 1. The molecule has 0 spiro atoms. The summed E-state index contributed by atoms with van der Waals surface area (Å²) in [5.74, 6) is 0.902. The highest BCUT2D eigenvalue weighted by molar-refractivity contribution is 7.99. The molecule has 0 unspecified atom stereocenters. The van der Waals surface area contributed by atoms with Gasteiger partial charge in [0.05, 0.1) is 11.7 Å². The molecule has 1 N–H and O–H groups in total. The van der Waals surface area contributed by atoms with Gasteiger partial charge in [-0.15, -0.1) is 11.8 Å². The predicted molar refractivity (Wildman–Crippen MR) is 118 cm³/mol. The Morgan fingerprint density at radius 1 is 1.03 bits per heavy atom. The van der Waals surface area contributed by atoms with Gasteiger partial charge in [-0.3, -0.25) is 9.69 Å².